The monoisotopic (exact) mass is 279 g/mol. The molecular formula is C10H9MgNO5S. The van der Waals surface area contributed by atoms with E-state index >= 15 is 0 Å². The molecule has 0 saturated heterocycles. The Morgan fingerprint density at radius 3 is 2.33 bits per heavy atom. The average Bonchev–Trinajstić information content (AvgIpc) is 2.26. The quantitative estimate of drug-likeness (QED) is 0.391. The van der Waals surface area contributed by atoms with Crippen LogP contribution in [-0.2, 0) is 10.1 Å². The minimum Gasteiger partial charge on any atom is -1.00 e. The van der Waals surface area contributed by atoms with Gasteiger partial charge >= 0.3 is 33.2 Å². The van der Waals surface area contributed by atoms with Crippen molar-refractivity contribution in [3.8, 4) is 0 Å². The Morgan fingerprint density at radius 2 is 1.78 bits per heavy atom. The second-order valence-corrected chi connectivity index (χ2v) is 4.73. The molecular weight excluding hydrogens is 270 g/mol. The molecule has 0 atom stereocenters. The largest absolute Gasteiger partial charge is 2.00 e. The van der Waals surface area contributed by atoms with Gasteiger partial charge in [0.1, 0.15) is 0 Å². The molecule has 0 radical (unpaired) electrons. The van der Waals surface area contributed by atoms with E-state index < -0.39 is 25.6 Å². The van der Waals surface area contributed by atoms with Crippen LogP contribution in [0.1, 0.15) is 2.85 Å². The van der Waals surface area contributed by atoms with Gasteiger partial charge in [0.2, 0.25) is 0 Å². The van der Waals surface area contributed by atoms with E-state index in [0.29, 0.717) is 5.39 Å². The van der Waals surface area contributed by atoms with E-state index in [9.17, 15) is 18.5 Å². The smallest absolute Gasteiger partial charge is 1.00 e. The summed E-state index contributed by atoms with van der Waals surface area (Å²) >= 11 is 0. The fraction of sp³-hybridized carbons (Fsp3) is 0. The minimum absolute atomic E-state index is 0. The molecule has 0 saturated carbocycles. The van der Waals surface area contributed by atoms with Crippen LogP contribution in [0.5, 0.6) is 0 Å². The van der Waals surface area contributed by atoms with E-state index in [0.717, 1.165) is 6.07 Å². The van der Waals surface area contributed by atoms with Gasteiger partial charge in [0, 0.05) is 11.5 Å². The third kappa shape index (κ3) is 2.61. The number of nitro groups is 1. The molecule has 2 aromatic carbocycles. The second-order valence-electron chi connectivity index (χ2n) is 3.37. The van der Waals surface area contributed by atoms with Crippen molar-refractivity contribution in [1.29, 1.82) is 0 Å². The molecule has 0 aliphatic rings. The van der Waals surface area contributed by atoms with Crippen molar-refractivity contribution in [3.05, 3.63) is 46.5 Å². The van der Waals surface area contributed by atoms with E-state index in [-0.39, 0.29) is 31.3 Å². The number of rotatable bonds is 2. The molecule has 2 rings (SSSR count). The summed E-state index contributed by atoms with van der Waals surface area (Å²) in [6.07, 6.45) is 0. The second kappa shape index (κ2) is 5.18. The molecule has 0 aliphatic heterocycles. The Morgan fingerprint density at radius 1 is 1.17 bits per heavy atom. The summed E-state index contributed by atoms with van der Waals surface area (Å²) in [6, 6.07) is 8.72. The van der Waals surface area contributed by atoms with Crippen molar-refractivity contribution in [2.75, 3.05) is 0 Å². The molecule has 8 heteroatoms. The summed E-state index contributed by atoms with van der Waals surface area (Å²) in [7, 11) is -4.65. The third-order valence-electron chi connectivity index (χ3n) is 2.31. The Bertz CT molecular complexity index is 723. The summed E-state index contributed by atoms with van der Waals surface area (Å²) in [5, 5.41) is 11.4. The Balaban J connectivity index is 0. The summed E-state index contributed by atoms with van der Waals surface area (Å²) in [5.41, 5.74) is -0.633. The maximum atomic E-state index is 11.2. The van der Waals surface area contributed by atoms with Gasteiger partial charge in [0.05, 0.1) is 4.92 Å². The first-order valence-electron chi connectivity index (χ1n) is 4.55. The predicted octanol–water partition coefficient (Wildman–Crippen LogP) is 1.84. The zero-order valence-corrected chi connectivity index (χ0v) is 11.3. The standard InChI is InChI=1S/C10H7NO5S.Mg.2H/c12-11(13)9-6-5-7-3-1-2-4-8(7)10(9)17(14,15)16;;;/h1-6H,(H,14,15,16);;;/q;+2;2*-1. The molecule has 18 heavy (non-hydrogen) atoms. The van der Waals surface area contributed by atoms with E-state index in [1.807, 2.05) is 0 Å². The molecule has 0 bridgehead atoms. The van der Waals surface area contributed by atoms with Crippen molar-refractivity contribution in [2.24, 2.45) is 0 Å². The van der Waals surface area contributed by atoms with Crippen molar-refractivity contribution in [1.82, 2.24) is 0 Å². The molecule has 6 nitrogen and oxygen atoms in total. The van der Waals surface area contributed by atoms with Gasteiger partial charge in [-0.25, -0.2) is 0 Å². The van der Waals surface area contributed by atoms with Gasteiger partial charge in [-0.1, -0.05) is 24.3 Å². The van der Waals surface area contributed by atoms with Gasteiger partial charge in [0.25, 0.3) is 5.69 Å². The van der Waals surface area contributed by atoms with Crippen LogP contribution in [0.25, 0.3) is 10.8 Å². The molecule has 0 aromatic heterocycles. The minimum atomic E-state index is -4.65. The van der Waals surface area contributed by atoms with E-state index in [1.54, 1.807) is 18.2 Å². The van der Waals surface area contributed by atoms with E-state index in [1.165, 1.54) is 12.1 Å². The molecule has 0 spiro atoms. The molecule has 2 aromatic rings. The van der Waals surface area contributed by atoms with Crippen molar-refractivity contribution >= 4 is 49.6 Å². The van der Waals surface area contributed by atoms with Gasteiger partial charge in [-0.05, 0) is 11.5 Å². The summed E-state index contributed by atoms with van der Waals surface area (Å²) in [5.74, 6) is 0. The van der Waals surface area contributed by atoms with Crippen LogP contribution in [-0.4, -0.2) is 40.9 Å². The third-order valence-corrected chi connectivity index (χ3v) is 3.26. The van der Waals surface area contributed by atoms with Crippen LogP contribution < -0.4 is 0 Å². The SMILES string of the molecule is O=[N+]([O-])c1ccc2ccccc2c1S(=O)(=O)O.[H-].[H-].[Mg+2]. The Hall–Kier alpha value is -1.22. The first-order valence-corrected chi connectivity index (χ1v) is 5.99. The predicted molar refractivity (Wildman–Crippen MR) is 68.4 cm³/mol. The van der Waals surface area contributed by atoms with Crippen LogP contribution in [0.15, 0.2) is 41.3 Å². The number of nitrogens with zero attached hydrogens (tertiary/aromatic N) is 1. The Kier molecular flexibility index (Phi) is 4.27. The zero-order valence-electron chi connectivity index (χ0n) is 11.1. The maximum Gasteiger partial charge on any atom is 2.00 e. The van der Waals surface area contributed by atoms with Crippen LogP contribution in [0.4, 0.5) is 5.69 Å². The maximum absolute atomic E-state index is 11.2. The molecule has 0 amide bonds. The van der Waals surface area contributed by atoms with E-state index in [4.69, 9.17) is 4.55 Å². The van der Waals surface area contributed by atoms with Crippen molar-refractivity contribution in [2.45, 2.75) is 4.90 Å². The first-order chi connectivity index (χ1) is 7.91. The van der Waals surface area contributed by atoms with Crippen molar-refractivity contribution in [3.63, 3.8) is 0 Å². The summed E-state index contributed by atoms with van der Waals surface area (Å²) in [4.78, 5) is 9.24. The molecule has 0 fully saturated rings. The number of nitro benzene ring substituents is 1. The fourth-order valence-corrected chi connectivity index (χ4v) is 2.52. The van der Waals surface area contributed by atoms with E-state index in [2.05, 4.69) is 0 Å². The zero-order chi connectivity index (χ0) is 12.6. The molecule has 0 unspecified atom stereocenters. The fourth-order valence-electron chi connectivity index (χ4n) is 1.65. The van der Waals surface area contributed by atoms with Gasteiger partial charge < -0.3 is 2.85 Å². The summed E-state index contributed by atoms with van der Waals surface area (Å²) in [6.45, 7) is 0. The van der Waals surface area contributed by atoms with Gasteiger partial charge in [0.15, 0.2) is 4.90 Å². The summed E-state index contributed by atoms with van der Waals surface area (Å²) < 4.78 is 31.5. The molecule has 0 heterocycles. The molecule has 1 N–H and O–H groups in total. The topological polar surface area (TPSA) is 97.5 Å². The Labute approximate surface area is 122 Å². The number of benzene rings is 2. The van der Waals surface area contributed by atoms with Gasteiger partial charge in [-0.2, -0.15) is 8.42 Å². The van der Waals surface area contributed by atoms with Crippen molar-refractivity contribution < 1.29 is 20.7 Å². The molecule has 0 aliphatic carbocycles. The van der Waals surface area contributed by atoms with Crippen LogP contribution in [0, 0.1) is 10.1 Å². The average molecular weight is 280 g/mol. The van der Waals surface area contributed by atoms with Crippen LogP contribution in [0.2, 0.25) is 0 Å². The van der Waals surface area contributed by atoms with Gasteiger partial charge in [-0.15, -0.1) is 0 Å². The van der Waals surface area contributed by atoms with Gasteiger partial charge in [-0.3, -0.25) is 14.7 Å². The number of hydrogen-bond acceptors (Lipinski definition) is 4. The van der Waals surface area contributed by atoms with Crippen LogP contribution in [0.3, 0.4) is 0 Å². The number of hydrogen-bond donors (Lipinski definition) is 1. The van der Waals surface area contributed by atoms with Crippen LogP contribution >= 0.6 is 0 Å². The molecule has 92 valence electrons. The first kappa shape index (κ1) is 14.8. The normalized spacial score (nSPS) is 10.9. The number of fused-ring (bicyclic) bond motifs is 1.